The molecular formula is C19H20N2O6S. The first-order valence-corrected chi connectivity index (χ1v) is 9.64. The maximum absolute atomic E-state index is 12.3. The molecule has 2 aromatic rings. The number of rotatable bonds is 7. The summed E-state index contributed by atoms with van der Waals surface area (Å²) in [6.45, 7) is 1.62. The minimum Gasteiger partial charge on any atom is -0.477 e. The number of aryl methyl sites for hydroxylation is 1. The summed E-state index contributed by atoms with van der Waals surface area (Å²) < 4.78 is 15.2. The lowest BCUT2D eigenvalue weighted by atomic mass is 10.1. The van der Waals surface area contributed by atoms with Crippen LogP contribution in [0, 0.1) is 0 Å². The summed E-state index contributed by atoms with van der Waals surface area (Å²) in [7, 11) is 1.30. The van der Waals surface area contributed by atoms with Crippen LogP contribution in [0.25, 0.3) is 0 Å². The Bertz CT molecular complexity index is 908. The van der Waals surface area contributed by atoms with Crippen molar-refractivity contribution < 1.29 is 28.6 Å². The molecule has 2 aromatic heterocycles. The number of fused-ring (bicyclic) bond motifs is 1. The first-order chi connectivity index (χ1) is 13.5. The third-order valence-electron chi connectivity index (χ3n) is 4.17. The Morgan fingerprint density at radius 2 is 2.07 bits per heavy atom. The zero-order valence-corrected chi connectivity index (χ0v) is 16.4. The Morgan fingerprint density at radius 1 is 1.25 bits per heavy atom. The fourth-order valence-corrected chi connectivity index (χ4v) is 4.27. The number of ether oxygens (including phenoxy) is 3. The van der Waals surface area contributed by atoms with Crippen molar-refractivity contribution >= 4 is 34.2 Å². The van der Waals surface area contributed by atoms with E-state index in [9.17, 15) is 14.4 Å². The van der Waals surface area contributed by atoms with Gasteiger partial charge >= 0.3 is 11.9 Å². The number of nitrogens with one attached hydrogen (secondary N) is 1. The molecule has 28 heavy (non-hydrogen) atoms. The van der Waals surface area contributed by atoms with Crippen LogP contribution in [-0.2, 0) is 27.1 Å². The highest BCUT2D eigenvalue weighted by molar-refractivity contribution is 7.17. The van der Waals surface area contributed by atoms with Crippen LogP contribution in [0.4, 0.5) is 5.00 Å². The molecule has 0 atom stereocenters. The molecule has 2 heterocycles. The van der Waals surface area contributed by atoms with E-state index < -0.39 is 24.5 Å². The highest BCUT2D eigenvalue weighted by atomic mass is 32.1. The molecule has 3 rings (SSSR count). The number of carbonyl (C=O) groups is 3. The molecule has 0 radical (unpaired) electrons. The first kappa shape index (κ1) is 19.8. The van der Waals surface area contributed by atoms with Gasteiger partial charge in [-0.05, 0) is 43.9 Å². The summed E-state index contributed by atoms with van der Waals surface area (Å²) in [6, 6.07) is 3.09. The fourth-order valence-electron chi connectivity index (χ4n) is 2.98. The molecule has 0 spiro atoms. The van der Waals surface area contributed by atoms with E-state index in [4.69, 9.17) is 14.2 Å². The van der Waals surface area contributed by atoms with Crippen molar-refractivity contribution in [1.82, 2.24) is 4.98 Å². The standard InChI is InChI=1S/C19H20N2O6S/c1-3-26-16-12(7-5-9-20-16)18(23)27-10-14(22)21-17-15(19(24)25-2)11-6-4-8-13(11)28-17/h5,7,9H,3-4,6,8,10H2,1-2H3,(H,21,22). The molecule has 0 bridgehead atoms. The molecule has 0 saturated carbocycles. The van der Waals surface area contributed by atoms with Crippen molar-refractivity contribution in [2.24, 2.45) is 0 Å². The normalized spacial score (nSPS) is 12.2. The number of nitrogens with zero attached hydrogens (tertiary/aromatic N) is 1. The number of carbonyl (C=O) groups excluding carboxylic acids is 3. The van der Waals surface area contributed by atoms with E-state index in [1.54, 1.807) is 13.0 Å². The van der Waals surface area contributed by atoms with E-state index in [0.29, 0.717) is 17.2 Å². The molecule has 1 amide bonds. The van der Waals surface area contributed by atoms with Gasteiger partial charge in [0.25, 0.3) is 5.91 Å². The molecule has 0 aliphatic heterocycles. The topological polar surface area (TPSA) is 104 Å². The average molecular weight is 404 g/mol. The molecule has 9 heteroatoms. The molecule has 0 fully saturated rings. The number of hydrogen-bond acceptors (Lipinski definition) is 8. The molecule has 0 unspecified atom stereocenters. The molecule has 148 valence electrons. The molecule has 0 saturated heterocycles. The number of pyridine rings is 1. The van der Waals surface area contributed by atoms with Crippen molar-refractivity contribution in [3.8, 4) is 5.88 Å². The van der Waals surface area contributed by atoms with Gasteiger partial charge < -0.3 is 19.5 Å². The van der Waals surface area contributed by atoms with Crippen LogP contribution < -0.4 is 10.1 Å². The quantitative estimate of drug-likeness (QED) is 0.708. The number of anilines is 1. The van der Waals surface area contributed by atoms with Gasteiger partial charge in [0.15, 0.2) is 6.61 Å². The minimum atomic E-state index is -0.714. The van der Waals surface area contributed by atoms with Gasteiger partial charge in [0.1, 0.15) is 10.6 Å². The van der Waals surface area contributed by atoms with Gasteiger partial charge in [-0.25, -0.2) is 14.6 Å². The monoisotopic (exact) mass is 404 g/mol. The number of hydrogen-bond donors (Lipinski definition) is 1. The predicted molar refractivity (Wildman–Crippen MR) is 102 cm³/mol. The van der Waals surface area contributed by atoms with E-state index in [0.717, 1.165) is 29.7 Å². The van der Waals surface area contributed by atoms with Crippen LogP contribution in [0.15, 0.2) is 18.3 Å². The third-order valence-corrected chi connectivity index (χ3v) is 5.38. The molecule has 1 aliphatic carbocycles. The van der Waals surface area contributed by atoms with Gasteiger partial charge in [-0.1, -0.05) is 0 Å². The van der Waals surface area contributed by atoms with E-state index >= 15 is 0 Å². The summed E-state index contributed by atoms with van der Waals surface area (Å²) >= 11 is 1.36. The molecule has 1 N–H and O–H groups in total. The predicted octanol–water partition coefficient (Wildman–Crippen LogP) is 2.61. The van der Waals surface area contributed by atoms with Crippen LogP contribution in [-0.4, -0.2) is 43.2 Å². The molecule has 8 nitrogen and oxygen atoms in total. The number of amides is 1. The smallest absolute Gasteiger partial charge is 0.344 e. The Kier molecular flexibility index (Phi) is 6.25. The van der Waals surface area contributed by atoms with E-state index in [1.807, 2.05) is 0 Å². The van der Waals surface area contributed by atoms with Crippen molar-refractivity contribution in [2.45, 2.75) is 26.2 Å². The maximum Gasteiger partial charge on any atom is 0.344 e. The van der Waals surface area contributed by atoms with Crippen LogP contribution >= 0.6 is 11.3 Å². The summed E-state index contributed by atoms with van der Waals surface area (Å²) in [4.78, 5) is 41.7. The van der Waals surface area contributed by atoms with Crippen LogP contribution in [0.2, 0.25) is 0 Å². The van der Waals surface area contributed by atoms with E-state index in [1.165, 1.54) is 30.7 Å². The highest BCUT2D eigenvalue weighted by Gasteiger charge is 2.28. The summed E-state index contributed by atoms with van der Waals surface area (Å²) in [6.07, 6.45) is 4.13. The molecule has 1 aliphatic rings. The lowest BCUT2D eigenvalue weighted by Crippen LogP contribution is -2.22. The van der Waals surface area contributed by atoms with Gasteiger partial charge in [0.2, 0.25) is 5.88 Å². The zero-order chi connectivity index (χ0) is 20.1. The lowest BCUT2D eigenvalue weighted by Gasteiger charge is -2.09. The van der Waals surface area contributed by atoms with Crippen LogP contribution in [0.3, 0.4) is 0 Å². The summed E-state index contributed by atoms with van der Waals surface area (Å²) in [5, 5.41) is 3.08. The largest absolute Gasteiger partial charge is 0.477 e. The number of methoxy groups -OCH3 is 1. The van der Waals surface area contributed by atoms with Crippen molar-refractivity contribution in [3.05, 3.63) is 39.9 Å². The number of thiophene rings is 1. The Morgan fingerprint density at radius 3 is 2.82 bits per heavy atom. The highest BCUT2D eigenvalue weighted by Crippen LogP contribution is 2.39. The molecule has 0 aromatic carbocycles. The second-order valence-electron chi connectivity index (χ2n) is 5.97. The van der Waals surface area contributed by atoms with Crippen molar-refractivity contribution in [2.75, 3.05) is 25.6 Å². The van der Waals surface area contributed by atoms with E-state index in [-0.39, 0.29) is 11.4 Å². The Labute approximate surface area is 165 Å². The SMILES string of the molecule is CCOc1ncccc1C(=O)OCC(=O)Nc1sc2c(c1C(=O)OC)CCC2. The van der Waals surface area contributed by atoms with Gasteiger partial charge in [-0.15, -0.1) is 11.3 Å². The summed E-state index contributed by atoms with van der Waals surface area (Å²) in [5.74, 6) is -1.59. The Balaban J connectivity index is 1.66. The second kappa shape index (κ2) is 8.83. The summed E-state index contributed by atoms with van der Waals surface area (Å²) in [5.41, 5.74) is 1.47. The van der Waals surface area contributed by atoms with Crippen molar-refractivity contribution in [1.29, 1.82) is 0 Å². The average Bonchev–Trinajstić information content (AvgIpc) is 3.27. The maximum atomic E-state index is 12.3. The number of esters is 2. The van der Waals surface area contributed by atoms with Crippen molar-refractivity contribution in [3.63, 3.8) is 0 Å². The van der Waals surface area contributed by atoms with Gasteiger partial charge in [-0.3, -0.25) is 4.79 Å². The van der Waals surface area contributed by atoms with Crippen LogP contribution in [0.1, 0.15) is 44.5 Å². The van der Waals surface area contributed by atoms with Gasteiger partial charge in [-0.2, -0.15) is 0 Å². The molecular weight excluding hydrogens is 384 g/mol. The zero-order valence-electron chi connectivity index (χ0n) is 15.6. The number of aromatic nitrogens is 1. The van der Waals surface area contributed by atoms with E-state index in [2.05, 4.69) is 10.3 Å². The van der Waals surface area contributed by atoms with Crippen LogP contribution in [0.5, 0.6) is 5.88 Å². The lowest BCUT2D eigenvalue weighted by molar-refractivity contribution is -0.119. The first-order valence-electron chi connectivity index (χ1n) is 8.82. The minimum absolute atomic E-state index is 0.141. The Hall–Kier alpha value is -2.94. The second-order valence-corrected chi connectivity index (χ2v) is 7.07. The van der Waals surface area contributed by atoms with Gasteiger partial charge in [0.05, 0.1) is 19.3 Å². The third kappa shape index (κ3) is 4.14. The fraction of sp³-hybridized carbons (Fsp3) is 0.368. The van der Waals surface area contributed by atoms with Gasteiger partial charge in [0, 0.05) is 11.1 Å².